The average molecular weight is 605 g/mol. The van der Waals surface area contributed by atoms with Crippen LogP contribution in [-0.2, 0) is 9.59 Å². The van der Waals surface area contributed by atoms with Gasteiger partial charge in [-0.3, -0.25) is 14.4 Å². The van der Waals surface area contributed by atoms with E-state index in [0.29, 0.717) is 27.0 Å². The number of aryl methyl sites for hydroxylation is 1. The Bertz CT molecular complexity index is 1570. The molecule has 0 fully saturated rings. The van der Waals surface area contributed by atoms with Crippen molar-refractivity contribution >= 4 is 70.1 Å². The fourth-order valence-corrected chi connectivity index (χ4v) is 5.18. The van der Waals surface area contributed by atoms with Crippen LogP contribution in [0.15, 0.2) is 108 Å². The molecular formula is C32H27Cl2N3O3S. The Labute approximate surface area is 253 Å². The van der Waals surface area contributed by atoms with Gasteiger partial charge in [0.05, 0.1) is 5.25 Å². The van der Waals surface area contributed by atoms with Gasteiger partial charge in [0.25, 0.3) is 11.8 Å². The topological polar surface area (TPSA) is 87.3 Å². The zero-order valence-electron chi connectivity index (χ0n) is 22.3. The van der Waals surface area contributed by atoms with E-state index in [9.17, 15) is 14.4 Å². The summed E-state index contributed by atoms with van der Waals surface area (Å²) in [5.41, 5.74) is 3.38. The summed E-state index contributed by atoms with van der Waals surface area (Å²) in [5, 5.41) is 8.87. The molecule has 0 aliphatic heterocycles. The summed E-state index contributed by atoms with van der Waals surface area (Å²) in [4.78, 5) is 39.7. The molecule has 208 valence electrons. The zero-order chi connectivity index (χ0) is 29.4. The quantitative estimate of drug-likeness (QED) is 0.134. The van der Waals surface area contributed by atoms with Crippen LogP contribution in [0.5, 0.6) is 0 Å². The third-order valence-electron chi connectivity index (χ3n) is 5.94. The van der Waals surface area contributed by atoms with E-state index in [1.807, 2.05) is 49.4 Å². The van der Waals surface area contributed by atoms with Crippen LogP contribution in [-0.4, -0.2) is 23.0 Å². The van der Waals surface area contributed by atoms with E-state index in [0.717, 1.165) is 16.0 Å². The van der Waals surface area contributed by atoms with Crippen molar-refractivity contribution in [3.63, 3.8) is 0 Å². The Morgan fingerprint density at radius 2 is 1.41 bits per heavy atom. The lowest BCUT2D eigenvalue weighted by Gasteiger charge is -2.14. The molecule has 0 radical (unpaired) electrons. The Morgan fingerprint density at radius 1 is 0.780 bits per heavy atom. The monoisotopic (exact) mass is 603 g/mol. The van der Waals surface area contributed by atoms with Crippen LogP contribution in [0.4, 0.5) is 11.4 Å². The van der Waals surface area contributed by atoms with Gasteiger partial charge in [-0.1, -0.05) is 65.7 Å². The van der Waals surface area contributed by atoms with Gasteiger partial charge in [0.2, 0.25) is 5.91 Å². The largest absolute Gasteiger partial charge is 0.325 e. The average Bonchev–Trinajstić information content (AvgIpc) is 2.94. The van der Waals surface area contributed by atoms with E-state index in [4.69, 9.17) is 23.2 Å². The molecule has 41 heavy (non-hydrogen) atoms. The van der Waals surface area contributed by atoms with Gasteiger partial charge >= 0.3 is 0 Å². The van der Waals surface area contributed by atoms with E-state index < -0.39 is 11.2 Å². The maximum absolute atomic E-state index is 13.3. The summed E-state index contributed by atoms with van der Waals surface area (Å²) in [7, 11) is 0. The smallest absolute Gasteiger partial charge is 0.272 e. The first-order chi connectivity index (χ1) is 19.7. The van der Waals surface area contributed by atoms with Gasteiger partial charge in [-0.05, 0) is 85.6 Å². The van der Waals surface area contributed by atoms with E-state index in [2.05, 4.69) is 16.0 Å². The van der Waals surface area contributed by atoms with Crippen molar-refractivity contribution in [3.8, 4) is 0 Å². The standard InChI is InChI=1S/C32H27Cl2N3O3S/c1-20-8-6-7-11-23(20)16-29(37-31(39)22-9-4-3-5-10-22)32(40)35-26-12-14-28(15-13-26)41-21(2)30(38)36-27-18-24(33)17-25(34)19-27/h3-19,21H,1-2H3,(H,35,40)(H,36,38)(H,37,39)/b29-16-. The minimum absolute atomic E-state index is 0.109. The number of anilines is 2. The van der Waals surface area contributed by atoms with E-state index >= 15 is 0 Å². The summed E-state index contributed by atoms with van der Waals surface area (Å²) in [5.74, 6) is -1.06. The number of nitrogens with one attached hydrogen (secondary N) is 3. The fourth-order valence-electron chi connectivity index (χ4n) is 3.79. The van der Waals surface area contributed by atoms with Crippen molar-refractivity contribution < 1.29 is 14.4 Å². The number of thioether (sulfide) groups is 1. The van der Waals surface area contributed by atoms with Gasteiger partial charge in [-0.2, -0.15) is 0 Å². The predicted molar refractivity (Wildman–Crippen MR) is 169 cm³/mol. The van der Waals surface area contributed by atoms with Crippen LogP contribution in [0, 0.1) is 6.92 Å². The molecule has 4 aromatic rings. The third-order valence-corrected chi connectivity index (χ3v) is 7.49. The second-order valence-corrected chi connectivity index (χ2v) is 11.4. The molecule has 3 amide bonds. The molecule has 3 N–H and O–H groups in total. The molecule has 0 bridgehead atoms. The van der Waals surface area contributed by atoms with Gasteiger partial charge < -0.3 is 16.0 Å². The molecule has 4 aromatic carbocycles. The van der Waals surface area contributed by atoms with E-state index in [1.54, 1.807) is 67.6 Å². The van der Waals surface area contributed by atoms with Crippen LogP contribution in [0.2, 0.25) is 10.0 Å². The highest BCUT2D eigenvalue weighted by molar-refractivity contribution is 8.00. The number of carbonyl (C=O) groups excluding carboxylic acids is 3. The molecule has 0 saturated heterocycles. The van der Waals surface area contributed by atoms with Crippen molar-refractivity contribution in [3.05, 3.63) is 129 Å². The Balaban J connectivity index is 1.43. The Hall–Kier alpha value is -4.04. The maximum atomic E-state index is 13.3. The SMILES string of the molecule is Cc1ccccc1/C=C(\NC(=O)c1ccccc1)C(=O)Nc1ccc(SC(C)C(=O)Nc2cc(Cl)cc(Cl)c2)cc1. The molecular weight excluding hydrogens is 577 g/mol. The number of rotatable bonds is 9. The molecule has 1 unspecified atom stereocenters. The highest BCUT2D eigenvalue weighted by Gasteiger charge is 2.17. The number of amides is 3. The van der Waals surface area contributed by atoms with Gasteiger partial charge in [-0.15, -0.1) is 11.8 Å². The second-order valence-electron chi connectivity index (χ2n) is 9.12. The van der Waals surface area contributed by atoms with Crippen LogP contribution < -0.4 is 16.0 Å². The fraction of sp³-hybridized carbons (Fsp3) is 0.0938. The predicted octanol–water partition coefficient (Wildman–Crippen LogP) is 7.83. The molecule has 6 nitrogen and oxygen atoms in total. The van der Waals surface area contributed by atoms with Crippen LogP contribution in [0.1, 0.15) is 28.4 Å². The lowest BCUT2D eigenvalue weighted by Crippen LogP contribution is -2.30. The summed E-state index contributed by atoms with van der Waals surface area (Å²) in [6.07, 6.45) is 1.66. The molecule has 4 rings (SSSR count). The van der Waals surface area contributed by atoms with Gasteiger partial charge in [0.1, 0.15) is 5.70 Å². The van der Waals surface area contributed by atoms with Gasteiger partial charge in [0.15, 0.2) is 0 Å². The summed E-state index contributed by atoms with van der Waals surface area (Å²) in [6, 6.07) is 28.3. The maximum Gasteiger partial charge on any atom is 0.272 e. The van der Waals surface area contributed by atoms with Gasteiger partial charge in [0, 0.05) is 31.9 Å². The highest BCUT2D eigenvalue weighted by Crippen LogP contribution is 2.27. The van der Waals surface area contributed by atoms with Gasteiger partial charge in [-0.25, -0.2) is 0 Å². The zero-order valence-corrected chi connectivity index (χ0v) is 24.6. The molecule has 0 aliphatic rings. The molecule has 9 heteroatoms. The van der Waals surface area contributed by atoms with E-state index in [1.165, 1.54) is 11.8 Å². The summed E-state index contributed by atoms with van der Waals surface area (Å²) in [6.45, 7) is 3.72. The number of carbonyl (C=O) groups is 3. The number of hydrogen-bond acceptors (Lipinski definition) is 4. The van der Waals surface area contributed by atoms with Crippen molar-refractivity contribution in [2.45, 2.75) is 24.0 Å². The molecule has 0 aliphatic carbocycles. The van der Waals surface area contributed by atoms with Crippen LogP contribution in [0.3, 0.4) is 0 Å². The van der Waals surface area contributed by atoms with Crippen molar-refractivity contribution in [1.82, 2.24) is 5.32 Å². The van der Waals surface area contributed by atoms with Crippen LogP contribution in [0.25, 0.3) is 6.08 Å². The summed E-state index contributed by atoms with van der Waals surface area (Å²) < 4.78 is 0. The molecule has 0 saturated carbocycles. The molecule has 1 atom stereocenters. The first kappa shape index (κ1) is 29.9. The molecule has 0 aromatic heterocycles. The number of benzene rings is 4. The van der Waals surface area contributed by atoms with Crippen LogP contribution >= 0.6 is 35.0 Å². The number of hydrogen-bond donors (Lipinski definition) is 3. The van der Waals surface area contributed by atoms with Crippen molar-refractivity contribution in [1.29, 1.82) is 0 Å². The minimum atomic E-state index is -0.467. The molecule has 0 heterocycles. The second kappa shape index (κ2) is 14.0. The summed E-state index contributed by atoms with van der Waals surface area (Å²) >= 11 is 13.4. The normalized spacial score (nSPS) is 11.9. The Morgan fingerprint density at radius 3 is 2.07 bits per heavy atom. The first-order valence-corrected chi connectivity index (χ1v) is 14.3. The number of halogens is 2. The van der Waals surface area contributed by atoms with Crippen molar-refractivity contribution in [2.75, 3.05) is 10.6 Å². The third kappa shape index (κ3) is 8.72. The lowest BCUT2D eigenvalue weighted by molar-refractivity contribution is -0.115. The van der Waals surface area contributed by atoms with Crippen molar-refractivity contribution in [2.24, 2.45) is 0 Å². The highest BCUT2D eigenvalue weighted by atomic mass is 35.5. The van der Waals surface area contributed by atoms with E-state index in [-0.39, 0.29) is 17.5 Å². The first-order valence-electron chi connectivity index (χ1n) is 12.7. The lowest BCUT2D eigenvalue weighted by atomic mass is 10.1. The minimum Gasteiger partial charge on any atom is -0.325 e. The molecule has 0 spiro atoms. The Kier molecular flexibility index (Phi) is 10.2.